The van der Waals surface area contributed by atoms with Gasteiger partial charge in [0.15, 0.2) is 9.84 Å². The highest BCUT2D eigenvalue weighted by Gasteiger charge is 2.29. The van der Waals surface area contributed by atoms with E-state index in [1.54, 1.807) is 18.3 Å². The Morgan fingerprint density at radius 2 is 1.97 bits per heavy atom. The predicted octanol–water partition coefficient (Wildman–Crippen LogP) is 3.28. The second-order valence-corrected chi connectivity index (χ2v) is 10.8. The van der Waals surface area contributed by atoms with Crippen LogP contribution >= 0.6 is 0 Å². The van der Waals surface area contributed by atoms with E-state index in [-0.39, 0.29) is 29.6 Å². The number of nitrogens with one attached hydrogen (secondary N) is 3. The zero-order valence-corrected chi connectivity index (χ0v) is 20.3. The van der Waals surface area contributed by atoms with E-state index < -0.39 is 22.0 Å². The van der Waals surface area contributed by atoms with Gasteiger partial charge in [0.2, 0.25) is 5.95 Å². The molecule has 2 aromatic carbocycles. The molecule has 5 N–H and O–H groups in total. The number of aromatic nitrogens is 4. The summed E-state index contributed by atoms with van der Waals surface area (Å²) in [6, 6.07) is 15.7. The summed E-state index contributed by atoms with van der Waals surface area (Å²) in [6.45, 7) is 1.73. The van der Waals surface area contributed by atoms with Gasteiger partial charge in [-0.25, -0.2) is 13.4 Å². The lowest BCUT2D eigenvalue weighted by Gasteiger charge is -2.22. The van der Waals surface area contributed by atoms with Gasteiger partial charge in [0.1, 0.15) is 5.82 Å². The fourth-order valence-corrected chi connectivity index (χ4v) is 5.79. The summed E-state index contributed by atoms with van der Waals surface area (Å²) in [5, 5.41) is 34.1. The van der Waals surface area contributed by atoms with Gasteiger partial charge < -0.3 is 20.8 Å². The smallest absolute Gasteiger partial charge is 0.229 e. The van der Waals surface area contributed by atoms with E-state index >= 15 is 0 Å². The second-order valence-electron chi connectivity index (χ2n) is 8.68. The highest BCUT2D eigenvalue weighted by molar-refractivity contribution is 7.91. The third-order valence-electron chi connectivity index (χ3n) is 6.09. The molecule has 0 fully saturated rings. The molecule has 0 spiro atoms. The monoisotopic (exact) mass is 506 g/mol. The van der Waals surface area contributed by atoms with Crippen molar-refractivity contribution in [3.8, 4) is 11.3 Å². The molecule has 0 aliphatic carbocycles. The standard InChI is InChI=1S/C25H26N6O4S/c1-15-11-20(31-30-15)19-13-26-25(29-24(19)28-21(14-32)16-5-3-2-4-6-16)27-17-7-8-23-18(12-17)22(33)9-10-36(23,34)35/h2-8,11-13,21-22,32-33H,9-10,14H2,1H3,(H,30,31)(H2,26,27,28,29)/t21-,22?/m1/s1. The molecule has 5 rings (SSSR count). The molecule has 1 aliphatic heterocycles. The Kier molecular flexibility index (Phi) is 6.44. The molecule has 186 valence electrons. The summed E-state index contributed by atoms with van der Waals surface area (Å²) >= 11 is 0. The predicted molar refractivity (Wildman–Crippen MR) is 136 cm³/mol. The van der Waals surface area contributed by atoms with E-state index in [1.165, 1.54) is 6.07 Å². The van der Waals surface area contributed by atoms with Crippen LogP contribution in [-0.2, 0) is 9.84 Å². The Hall–Kier alpha value is -3.80. The molecule has 4 aromatic rings. The highest BCUT2D eigenvalue weighted by Crippen LogP contribution is 2.35. The molecular weight excluding hydrogens is 480 g/mol. The number of hydrogen-bond acceptors (Lipinski definition) is 9. The lowest BCUT2D eigenvalue weighted by Crippen LogP contribution is -2.20. The summed E-state index contributed by atoms with van der Waals surface area (Å²) in [7, 11) is -3.41. The molecule has 2 atom stereocenters. The van der Waals surface area contributed by atoms with Crippen molar-refractivity contribution in [2.24, 2.45) is 0 Å². The minimum absolute atomic E-state index is 0.0757. The zero-order chi connectivity index (χ0) is 25.3. The van der Waals surface area contributed by atoms with Crippen LogP contribution in [0.4, 0.5) is 17.5 Å². The van der Waals surface area contributed by atoms with E-state index in [9.17, 15) is 18.6 Å². The SMILES string of the molecule is Cc1cc(-c2cnc(Nc3ccc4c(c3)C(O)CCS4(=O)=O)nc2N[C@H](CO)c2ccccc2)n[nH]1. The van der Waals surface area contributed by atoms with Crippen molar-refractivity contribution in [2.45, 2.75) is 30.4 Å². The molecule has 3 heterocycles. The number of aliphatic hydroxyl groups is 2. The number of anilines is 3. The number of H-pyrrole nitrogens is 1. The highest BCUT2D eigenvalue weighted by atomic mass is 32.2. The largest absolute Gasteiger partial charge is 0.394 e. The molecule has 0 bridgehead atoms. The summed E-state index contributed by atoms with van der Waals surface area (Å²) < 4.78 is 24.7. The third-order valence-corrected chi connectivity index (χ3v) is 7.90. The van der Waals surface area contributed by atoms with E-state index in [1.807, 2.05) is 43.3 Å². The molecule has 0 saturated heterocycles. The molecule has 1 unspecified atom stereocenters. The topological polar surface area (TPSA) is 153 Å². The van der Waals surface area contributed by atoms with Gasteiger partial charge in [0.05, 0.1) is 40.7 Å². The number of rotatable bonds is 7. The zero-order valence-electron chi connectivity index (χ0n) is 19.5. The van der Waals surface area contributed by atoms with Crippen molar-refractivity contribution in [3.63, 3.8) is 0 Å². The first-order valence-corrected chi connectivity index (χ1v) is 13.1. The van der Waals surface area contributed by atoms with Crippen molar-refractivity contribution >= 4 is 27.3 Å². The first kappa shape index (κ1) is 23.9. The molecule has 10 nitrogen and oxygen atoms in total. The van der Waals surface area contributed by atoms with Crippen LogP contribution in [0.3, 0.4) is 0 Å². The number of sulfone groups is 1. The summed E-state index contributed by atoms with van der Waals surface area (Å²) in [6.07, 6.45) is 0.929. The number of hydrogen-bond donors (Lipinski definition) is 5. The van der Waals surface area contributed by atoms with Gasteiger partial charge in [-0.1, -0.05) is 30.3 Å². The van der Waals surface area contributed by atoms with Gasteiger partial charge in [-0.15, -0.1) is 0 Å². The van der Waals surface area contributed by atoms with Crippen LogP contribution < -0.4 is 10.6 Å². The Morgan fingerprint density at radius 1 is 1.17 bits per heavy atom. The second kappa shape index (κ2) is 9.69. The molecule has 11 heteroatoms. The summed E-state index contributed by atoms with van der Waals surface area (Å²) in [5.41, 5.74) is 3.96. The fraction of sp³-hybridized carbons (Fsp3) is 0.240. The average Bonchev–Trinajstić information content (AvgIpc) is 3.31. The van der Waals surface area contributed by atoms with Gasteiger partial charge in [-0.3, -0.25) is 5.10 Å². The van der Waals surface area contributed by atoms with Gasteiger partial charge in [-0.2, -0.15) is 10.1 Å². The Morgan fingerprint density at radius 3 is 2.69 bits per heavy atom. The van der Waals surface area contributed by atoms with Crippen molar-refractivity contribution in [1.82, 2.24) is 20.2 Å². The van der Waals surface area contributed by atoms with Gasteiger partial charge in [-0.05, 0) is 43.2 Å². The number of aromatic amines is 1. The van der Waals surface area contributed by atoms with Crippen LogP contribution in [0.1, 0.15) is 35.4 Å². The van der Waals surface area contributed by atoms with Crippen LogP contribution in [0.5, 0.6) is 0 Å². The normalized spacial score (nSPS) is 17.2. The van der Waals surface area contributed by atoms with Gasteiger partial charge >= 0.3 is 0 Å². The van der Waals surface area contributed by atoms with E-state index in [0.717, 1.165) is 11.3 Å². The van der Waals surface area contributed by atoms with E-state index in [0.29, 0.717) is 28.3 Å². The number of aliphatic hydroxyl groups excluding tert-OH is 2. The minimum Gasteiger partial charge on any atom is -0.394 e. The molecular formula is C25H26N6O4S. The first-order valence-electron chi connectivity index (χ1n) is 11.5. The Balaban J connectivity index is 1.50. The maximum Gasteiger partial charge on any atom is 0.229 e. The summed E-state index contributed by atoms with van der Waals surface area (Å²) in [5.74, 6) is 0.641. The van der Waals surface area contributed by atoms with Crippen molar-refractivity contribution < 1.29 is 18.6 Å². The van der Waals surface area contributed by atoms with E-state index in [2.05, 4.69) is 30.8 Å². The van der Waals surface area contributed by atoms with Crippen LogP contribution in [0.2, 0.25) is 0 Å². The summed E-state index contributed by atoms with van der Waals surface area (Å²) in [4.78, 5) is 9.22. The minimum atomic E-state index is -3.41. The van der Waals surface area contributed by atoms with Crippen LogP contribution in [0, 0.1) is 6.92 Å². The van der Waals surface area contributed by atoms with E-state index in [4.69, 9.17) is 0 Å². The number of nitrogens with zero attached hydrogens (tertiary/aromatic N) is 3. The van der Waals surface area contributed by atoms with Crippen molar-refractivity contribution in [2.75, 3.05) is 23.0 Å². The Bertz CT molecular complexity index is 1490. The molecule has 0 radical (unpaired) electrons. The van der Waals surface area contributed by atoms with Gasteiger partial charge in [0, 0.05) is 23.1 Å². The maximum atomic E-state index is 12.4. The van der Waals surface area contributed by atoms with Crippen molar-refractivity contribution in [3.05, 3.63) is 77.6 Å². The lowest BCUT2D eigenvalue weighted by atomic mass is 10.1. The van der Waals surface area contributed by atoms with Crippen molar-refractivity contribution in [1.29, 1.82) is 0 Å². The Labute approximate surface area is 208 Å². The lowest BCUT2D eigenvalue weighted by molar-refractivity contribution is 0.168. The number of aryl methyl sites for hydroxylation is 1. The molecule has 36 heavy (non-hydrogen) atoms. The molecule has 1 aliphatic rings. The quantitative estimate of drug-likeness (QED) is 0.254. The maximum absolute atomic E-state index is 12.4. The molecule has 2 aromatic heterocycles. The third kappa shape index (κ3) is 4.81. The van der Waals surface area contributed by atoms with Crippen LogP contribution in [-0.4, -0.2) is 51.2 Å². The first-order chi connectivity index (χ1) is 17.3. The fourth-order valence-electron chi connectivity index (χ4n) is 4.21. The number of fused-ring (bicyclic) bond motifs is 1. The van der Waals surface area contributed by atoms with Gasteiger partial charge in [0.25, 0.3) is 0 Å². The van der Waals surface area contributed by atoms with Crippen LogP contribution in [0.25, 0.3) is 11.3 Å². The average molecular weight is 507 g/mol. The molecule has 0 amide bonds. The molecule has 0 saturated carbocycles. The van der Waals surface area contributed by atoms with Crippen LogP contribution in [0.15, 0.2) is 65.7 Å². The number of benzene rings is 2.